The Labute approximate surface area is 168 Å². The van der Waals surface area contributed by atoms with E-state index in [4.69, 9.17) is 0 Å². The van der Waals surface area contributed by atoms with E-state index in [2.05, 4.69) is 5.32 Å². The molecule has 8 nitrogen and oxygen atoms in total. The first-order valence-electron chi connectivity index (χ1n) is 9.02. The minimum absolute atomic E-state index is 0.0767. The fourth-order valence-electron chi connectivity index (χ4n) is 2.75. The van der Waals surface area contributed by atoms with Crippen LogP contribution >= 0.6 is 0 Å². The molecule has 0 bridgehead atoms. The van der Waals surface area contributed by atoms with Gasteiger partial charge in [-0.05, 0) is 36.2 Å². The van der Waals surface area contributed by atoms with Gasteiger partial charge in [0.15, 0.2) is 0 Å². The van der Waals surface area contributed by atoms with Crippen LogP contribution in [0.2, 0.25) is 0 Å². The molecule has 0 saturated carbocycles. The maximum atomic E-state index is 13.3. The lowest BCUT2D eigenvalue weighted by Gasteiger charge is -2.18. The Kier molecular flexibility index (Phi) is 7.40. The van der Waals surface area contributed by atoms with Crippen LogP contribution in [0.3, 0.4) is 0 Å². The minimum Gasteiger partial charge on any atom is -0.326 e. The topological polar surface area (TPSA) is 110 Å². The van der Waals surface area contributed by atoms with Crippen LogP contribution in [-0.2, 0) is 21.2 Å². The molecule has 0 heterocycles. The highest BCUT2D eigenvalue weighted by Gasteiger charge is 2.21. The first kappa shape index (κ1) is 22.4. The van der Waals surface area contributed by atoms with Gasteiger partial charge in [0.25, 0.3) is 0 Å². The molecule has 29 heavy (non-hydrogen) atoms. The van der Waals surface area contributed by atoms with Gasteiger partial charge < -0.3 is 5.32 Å². The number of nitrogens with one attached hydrogen (secondary N) is 1. The molecule has 0 saturated heterocycles. The van der Waals surface area contributed by atoms with Crippen LogP contribution in [0.4, 0.5) is 15.8 Å². The number of rotatable bonds is 9. The van der Waals surface area contributed by atoms with Gasteiger partial charge in [0.2, 0.25) is 21.7 Å². The zero-order valence-electron chi connectivity index (χ0n) is 16.1. The third-order valence-corrected chi connectivity index (χ3v) is 6.40. The van der Waals surface area contributed by atoms with Gasteiger partial charge in [-0.3, -0.25) is 14.9 Å². The van der Waals surface area contributed by atoms with Gasteiger partial charge in [-0.1, -0.05) is 26.0 Å². The molecule has 10 heteroatoms. The number of nitro groups is 1. The van der Waals surface area contributed by atoms with Gasteiger partial charge >= 0.3 is 5.69 Å². The molecule has 0 aliphatic heterocycles. The maximum Gasteiger partial charge on any atom is 0.306 e. The van der Waals surface area contributed by atoms with Crippen LogP contribution in [0, 0.1) is 15.9 Å². The Balaban J connectivity index is 1.99. The summed E-state index contributed by atoms with van der Waals surface area (Å²) in [6, 6.07) is 9.42. The third-order valence-electron chi connectivity index (χ3n) is 4.33. The molecule has 1 N–H and O–H groups in total. The second-order valence-electron chi connectivity index (χ2n) is 6.20. The number of hydrogen-bond donors (Lipinski definition) is 1. The number of benzene rings is 2. The average molecular weight is 423 g/mol. The number of sulfonamides is 1. The highest BCUT2D eigenvalue weighted by Crippen LogP contribution is 2.22. The molecule has 0 spiro atoms. The van der Waals surface area contributed by atoms with Crippen LogP contribution in [0.15, 0.2) is 47.4 Å². The van der Waals surface area contributed by atoms with Gasteiger partial charge in [-0.15, -0.1) is 0 Å². The summed E-state index contributed by atoms with van der Waals surface area (Å²) < 4.78 is 39.6. The fourth-order valence-corrected chi connectivity index (χ4v) is 4.21. The van der Waals surface area contributed by atoms with Crippen molar-refractivity contribution >= 4 is 27.3 Å². The molecule has 2 aromatic carbocycles. The van der Waals surface area contributed by atoms with E-state index < -0.39 is 32.4 Å². The summed E-state index contributed by atoms with van der Waals surface area (Å²) in [6.45, 7) is 4.29. The van der Waals surface area contributed by atoms with Crippen molar-refractivity contribution in [2.75, 3.05) is 18.4 Å². The SMILES string of the molecule is CCN(CC)S(=O)(=O)c1ccc(CCC(=O)Nc2ccc(F)c([N+](=O)[O-])c2)cc1. The zero-order valence-corrected chi connectivity index (χ0v) is 16.9. The average Bonchev–Trinajstić information content (AvgIpc) is 2.68. The van der Waals surface area contributed by atoms with Crippen LogP contribution in [0.25, 0.3) is 0 Å². The van der Waals surface area contributed by atoms with E-state index in [1.807, 2.05) is 0 Å². The molecule has 0 fully saturated rings. The molecule has 0 atom stereocenters. The Hall–Kier alpha value is -2.85. The lowest BCUT2D eigenvalue weighted by Crippen LogP contribution is -2.30. The van der Waals surface area contributed by atoms with Crippen molar-refractivity contribution in [3.63, 3.8) is 0 Å². The quantitative estimate of drug-likeness (QED) is 0.491. The first-order valence-corrected chi connectivity index (χ1v) is 10.5. The molecule has 2 rings (SSSR count). The Morgan fingerprint density at radius 1 is 1.14 bits per heavy atom. The Morgan fingerprint density at radius 2 is 1.76 bits per heavy atom. The van der Waals surface area contributed by atoms with E-state index in [-0.39, 0.29) is 17.0 Å². The number of halogens is 1. The molecule has 0 radical (unpaired) electrons. The number of carbonyl (C=O) groups is 1. The van der Waals surface area contributed by atoms with Crippen molar-refractivity contribution in [1.82, 2.24) is 4.31 Å². The highest BCUT2D eigenvalue weighted by atomic mass is 32.2. The van der Waals surface area contributed by atoms with Crippen molar-refractivity contribution in [2.24, 2.45) is 0 Å². The number of anilines is 1. The van der Waals surface area contributed by atoms with Crippen molar-refractivity contribution in [1.29, 1.82) is 0 Å². The summed E-state index contributed by atoms with van der Waals surface area (Å²) in [5.74, 6) is -1.38. The second kappa shape index (κ2) is 9.57. The van der Waals surface area contributed by atoms with Crippen molar-refractivity contribution in [2.45, 2.75) is 31.6 Å². The van der Waals surface area contributed by atoms with Gasteiger partial charge in [0.05, 0.1) is 9.82 Å². The largest absolute Gasteiger partial charge is 0.326 e. The molecule has 0 aliphatic rings. The Morgan fingerprint density at radius 3 is 2.31 bits per heavy atom. The summed E-state index contributed by atoms with van der Waals surface area (Å²) in [5.41, 5.74) is 0.181. The van der Waals surface area contributed by atoms with E-state index in [1.165, 1.54) is 22.5 Å². The van der Waals surface area contributed by atoms with Crippen LogP contribution in [-0.4, -0.2) is 36.6 Å². The molecule has 0 aliphatic carbocycles. The van der Waals surface area contributed by atoms with Crippen LogP contribution in [0.1, 0.15) is 25.8 Å². The molecule has 0 unspecified atom stereocenters. The summed E-state index contributed by atoms with van der Waals surface area (Å²) in [5, 5.41) is 13.2. The summed E-state index contributed by atoms with van der Waals surface area (Å²) in [6.07, 6.45) is 0.425. The Bertz CT molecular complexity index is 989. The van der Waals surface area contributed by atoms with Crippen LogP contribution in [0.5, 0.6) is 0 Å². The van der Waals surface area contributed by atoms with E-state index >= 15 is 0 Å². The van der Waals surface area contributed by atoms with Gasteiger partial charge in [0.1, 0.15) is 0 Å². The highest BCUT2D eigenvalue weighted by molar-refractivity contribution is 7.89. The number of nitro benzene ring substituents is 1. The normalized spacial score (nSPS) is 11.4. The van der Waals surface area contributed by atoms with Crippen molar-refractivity contribution < 1.29 is 22.5 Å². The van der Waals surface area contributed by atoms with Crippen molar-refractivity contribution in [3.8, 4) is 0 Å². The lowest BCUT2D eigenvalue weighted by atomic mass is 10.1. The second-order valence-corrected chi connectivity index (χ2v) is 8.14. The van der Waals surface area contributed by atoms with E-state index in [0.717, 1.165) is 17.7 Å². The predicted molar refractivity (Wildman–Crippen MR) is 107 cm³/mol. The monoisotopic (exact) mass is 423 g/mol. The zero-order chi connectivity index (χ0) is 21.6. The van der Waals surface area contributed by atoms with E-state index in [1.54, 1.807) is 26.0 Å². The van der Waals surface area contributed by atoms with Gasteiger partial charge in [0, 0.05) is 31.3 Å². The number of carbonyl (C=O) groups excluding carboxylic acids is 1. The fraction of sp³-hybridized carbons (Fsp3) is 0.316. The standard InChI is InChI=1S/C19H22FN3O5S/c1-3-22(4-2)29(27,28)16-9-5-14(6-10-16)7-12-19(24)21-15-8-11-17(20)18(13-15)23(25)26/h5-6,8-11,13H,3-4,7,12H2,1-2H3,(H,21,24). The van der Waals surface area contributed by atoms with Gasteiger partial charge in [-0.25, -0.2) is 8.42 Å². The minimum atomic E-state index is -3.54. The summed E-state index contributed by atoms with van der Waals surface area (Å²) in [4.78, 5) is 22.1. The molecule has 2 aromatic rings. The molecular formula is C19H22FN3O5S. The molecular weight excluding hydrogens is 401 g/mol. The van der Waals surface area contributed by atoms with Crippen LogP contribution < -0.4 is 5.32 Å². The van der Waals surface area contributed by atoms with Crippen molar-refractivity contribution in [3.05, 3.63) is 64.0 Å². The lowest BCUT2D eigenvalue weighted by molar-refractivity contribution is -0.387. The van der Waals surface area contributed by atoms with E-state index in [9.17, 15) is 27.7 Å². The number of amides is 1. The van der Waals surface area contributed by atoms with E-state index in [0.29, 0.717) is 19.5 Å². The molecule has 0 aromatic heterocycles. The molecule has 156 valence electrons. The first-order chi connectivity index (χ1) is 13.7. The number of nitrogens with zero attached hydrogens (tertiary/aromatic N) is 2. The predicted octanol–water partition coefficient (Wildman–Crippen LogP) is 3.34. The maximum absolute atomic E-state index is 13.3. The number of hydrogen-bond acceptors (Lipinski definition) is 5. The number of aryl methyl sites for hydroxylation is 1. The summed E-state index contributed by atoms with van der Waals surface area (Å²) >= 11 is 0. The molecule has 1 amide bonds. The smallest absolute Gasteiger partial charge is 0.306 e. The van der Waals surface area contributed by atoms with Gasteiger partial charge in [-0.2, -0.15) is 8.70 Å². The summed E-state index contributed by atoms with van der Waals surface area (Å²) in [7, 11) is -3.54. The third kappa shape index (κ3) is 5.58.